The topological polar surface area (TPSA) is 0 Å². The maximum Gasteiger partial charge on any atom is -1.00 e. The number of hydrogen-bond acceptors (Lipinski definition) is 0. The van der Waals surface area contributed by atoms with E-state index < -0.39 is 31.3 Å². The van der Waals surface area contributed by atoms with Crippen LogP contribution in [-0.2, 0) is 23.2 Å². The van der Waals surface area contributed by atoms with E-state index in [-0.39, 0.29) is 24.8 Å². The van der Waals surface area contributed by atoms with Crippen LogP contribution in [0.5, 0.6) is 0 Å². The number of allylic oxidation sites excluding steroid dienone is 4. The van der Waals surface area contributed by atoms with Gasteiger partial charge >= 0.3 is 164 Å². The summed E-state index contributed by atoms with van der Waals surface area (Å²) in [5.74, 6) is 0. The zero-order chi connectivity index (χ0) is 16.9. The van der Waals surface area contributed by atoms with Crippen molar-refractivity contribution >= 4 is 11.3 Å². The molecule has 0 amide bonds. The smallest absolute Gasteiger partial charge is 1.00 e. The molecule has 138 valence electrons. The van der Waals surface area contributed by atoms with E-state index >= 15 is 0 Å². The summed E-state index contributed by atoms with van der Waals surface area (Å²) in [6, 6.07) is 21.1. The second kappa shape index (κ2) is 8.54. The molecule has 0 spiro atoms. The van der Waals surface area contributed by atoms with Gasteiger partial charge in [-0.3, -0.25) is 0 Å². The first-order chi connectivity index (χ1) is 12.3. The summed E-state index contributed by atoms with van der Waals surface area (Å²) in [5, 5.41) is 0. The Bertz CT molecular complexity index is 893. The fourth-order valence-electron chi connectivity index (χ4n) is 5.20. The summed E-state index contributed by atoms with van der Waals surface area (Å²) < 4.78 is 3.51. The summed E-state index contributed by atoms with van der Waals surface area (Å²) in [6.07, 6.45) is 9.69. The molecule has 0 saturated carbocycles. The van der Waals surface area contributed by atoms with Gasteiger partial charge in [0.05, 0.1) is 0 Å². The van der Waals surface area contributed by atoms with Crippen molar-refractivity contribution in [2.75, 3.05) is 0 Å². The number of rotatable bonds is 4. The molecule has 1 aliphatic heterocycles. The SMILES string of the molecule is CC[Si]1(C2c3ccccc3-c3ccc[c]([Zr+2][C]4=CC=CC4)c32)CCC1.[Cl-].[Cl-]. The van der Waals surface area contributed by atoms with Crippen LogP contribution in [0.3, 0.4) is 0 Å². The van der Waals surface area contributed by atoms with Gasteiger partial charge in [-0.15, -0.1) is 0 Å². The third-order valence-corrected chi connectivity index (χ3v) is 16.1. The molecule has 1 fully saturated rings. The molecule has 0 aromatic heterocycles. The number of fused-ring (bicyclic) bond motifs is 3. The molecule has 27 heavy (non-hydrogen) atoms. The normalized spacial score (nSPS) is 20.3. The number of halogens is 2. The van der Waals surface area contributed by atoms with E-state index in [1.807, 2.05) is 0 Å². The van der Waals surface area contributed by atoms with Gasteiger partial charge in [0.25, 0.3) is 0 Å². The van der Waals surface area contributed by atoms with E-state index in [4.69, 9.17) is 0 Å². The fraction of sp³-hybridized carbons (Fsp3) is 0.304. The van der Waals surface area contributed by atoms with Gasteiger partial charge in [-0.05, 0) is 0 Å². The molecule has 0 bridgehead atoms. The Balaban J connectivity index is 0.00000105. The average molecular weight is 491 g/mol. The van der Waals surface area contributed by atoms with Crippen LogP contribution in [-0.4, -0.2) is 8.07 Å². The molecular weight excluding hydrogens is 466 g/mol. The zero-order valence-corrected chi connectivity index (χ0v) is 20.6. The van der Waals surface area contributed by atoms with Crippen molar-refractivity contribution < 1.29 is 48.0 Å². The number of benzene rings is 2. The summed E-state index contributed by atoms with van der Waals surface area (Å²) in [7, 11) is -1.18. The van der Waals surface area contributed by atoms with Crippen LogP contribution >= 0.6 is 0 Å². The Labute approximate surface area is 187 Å². The van der Waals surface area contributed by atoms with Crippen LogP contribution < -0.4 is 28.1 Å². The summed E-state index contributed by atoms with van der Waals surface area (Å²) in [6.45, 7) is 2.48. The van der Waals surface area contributed by atoms with Crippen molar-refractivity contribution in [3.8, 4) is 11.1 Å². The molecule has 1 atom stereocenters. The molecule has 2 aromatic carbocycles. The van der Waals surface area contributed by atoms with Crippen LogP contribution in [0.15, 0.2) is 64.0 Å². The molecule has 1 saturated heterocycles. The van der Waals surface area contributed by atoms with Crippen LogP contribution in [0, 0.1) is 0 Å². The zero-order valence-electron chi connectivity index (χ0n) is 15.6. The van der Waals surface area contributed by atoms with Gasteiger partial charge in [-0.1, -0.05) is 0 Å². The van der Waals surface area contributed by atoms with E-state index in [0.29, 0.717) is 0 Å². The second-order valence-corrected chi connectivity index (χ2v) is 16.3. The van der Waals surface area contributed by atoms with Gasteiger partial charge in [0.15, 0.2) is 0 Å². The van der Waals surface area contributed by atoms with Crippen molar-refractivity contribution in [3.63, 3.8) is 0 Å². The molecule has 2 aliphatic carbocycles. The first-order valence-corrected chi connectivity index (χ1v) is 14.8. The Hall–Kier alpha value is -0.400. The van der Waals surface area contributed by atoms with Crippen LogP contribution in [0.4, 0.5) is 0 Å². The molecule has 1 heterocycles. The minimum absolute atomic E-state index is 0. The van der Waals surface area contributed by atoms with Crippen molar-refractivity contribution in [1.29, 1.82) is 0 Å². The van der Waals surface area contributed by atoms with Gasteiger partial charge in [-0.2, -0.15) is 0 Å². The largest absolute Gasteiger partial charge is 1.00 e. The van der Waals surface area contributed by atoms with Gasteiger partial charge in [0.2, 0.25) is 0 Å². The van der Waals surface area contributed by atoms with E-state index in [1.165, 1.54) is 18.9 Å². The molecule has 5 rings (SSSR count). The maximum atomic E-state index is 2.49. The van der Waals surface area contributed by atoms with Crippen LogP contribution in [0.2, 0.25) is 18.1 Å². The van der Waals surface area contributed by atoms with Gasteiger partial charge in [0.1, 0.15) is 0 Å². The molecule has 0 radical (unpaired) electrons. The Morgan fingerprint density at radius 2 is 1.78 bits per heavy atom. The average Bonchev–Trinajstić information content (AvgIpc) is 3.22. The molecular formula is C23H24Cl2SiZr. The first-order valence-electron chi connectivity index (χ1n) is 9.67. The van der Waals surface area contributed by atoms with Gasteiger partial charge < -0.3 is 24.8 Å². The van der Waals surface area contributed by atoms with E-state index in [9.17, 15) is 0 Å². The second-order valence-electron chi connectivity index (χ2n) is 7.81. The van der Waals surface area contributed by atoms with Crippen LogP contribution in [0.1, 0.15) is 36.4 Å². The Kier molecular flexibility index (Phi) is 6.74. The van der Waals surface area contributed by atoms with E-state index in [0.717, 1.165) is 5.54 Å². The third-order valence-electron chi connectivity index (χ3n) is 6.69. The standard InChI is InChI=1S/C18H19Si.C5H5.2ClH.Zr/c1-2-19(12-7-13-19)18-16-10-5-3-8-14(16)15-9-4-6-11-17(15)18;1-2-4-5-3-1;;;/h3-6,8-10,18H,2,7,12-13H2,1H3;1-3H,4H2;2*1H;/q;;;;+2/p-2. The molecule has 2 aromatic rings. The molecule has 4 heteroatoms. The minimum Gasteiger partial charge on any atom is -1.00 e. The number of hydrogen-bond donors (Lipinski definition) is 0. The molecule has 0 nitrogen and oxygen atoms in total. The maximum absolute atomic E-state index is 2.49. The predicted molar refractivity (Wildman–Crippen MR) is 106 cm³/mol. The predicted octanol–water partition coefficient (Wildman–Crippen LogP) is -0.230. The first kappa shape index (κ1) is 21.3. The van der Waals surface area contributed by atoms with Crippen molar-refractivity contribution in [2.45, 2.75) is 43.4 Å². The van der Waals surface area contributed by atoms with Crippen molar-refractivity contribution in [1.82, 2.24) is 0 Å². The molecule has 1 unspecified atom stereocenters. The van der Waals surface area contributed by atoms with E-state index in [1.54, 1.807) is 40.9 Å². The van der Waals surface area contributed by atoms with Crippen molar-refractivity contribution in [3.05, 3.63) is 75.1 Å². The Morgan fingerprint density at radius 3 is 2.44 bits per heavy atom. The third kappa shape index (κ3) is 3.42. The monoisotopic (exact) mass is 488 g/mol. The fourth-order valence-corrected chi connectivity index (χ4v) is 13.6. The quantitative estimate of drug-likeness (QED) is 0.520. The minimum atomic E-state index is -1.18. The molecule has 0 N–H and O–H groups in total. The Morgan fingerprint density at radius 1 is 1.00 bits per heavy atom. The summed E-state index contributed by atoms with van der Waals surface area (Å²) in [5.41, 5.74) is 7.38. The van der Waals surface area contributed by atoms with Crippen molar-refractivity contribution in [2.24, 2.45) is 0 Å². The van der Waals surface area contributed by atoms with Gasteiger partial charge in [-0.25, -0.2) is 0 Å². The van der Waals surface area contributed by atoms with Crippen LogP contribution in [0.25, 0.3) is 11.1 Å². The summed E-state index contributed by atoms with van der Waals surface area (Å²) >= 11 is -0.660. The van der Waals surface area contributed by atoms with E-state index in [2.05, 4.69) is 67.6 Å². The molecule has 3 aliphatic rings. The summed E-state index contributed by atoms with van der Waals surface area (Å²) in [4.78, 5) is 0. The van der Waals surface area contributed by atoms with Gasteiger partial charge in [0, 0.05) is 0 Å².